The van der Waals surface area contributed by atoms with Crippen molar-refractivity contribution in [3.05, 3.63) is 35.2 Å². The largest absolute Gasteiger partial charge is 0.328 e. The lowest BCUT2D eigenvalue weighted by molar-refractivity contribution is 0.321. The van der Waals surface area contributed by atoms with E-state index in [4.69, 9.17) is 5.73 Å². The van der Waals surface area contributed by atoms with Gasteiger partial charge in [0.15, 0.2) is 0 Å². The molecule has 2 atom stereocenters. The van der Waals surface area contributed by atoms with Crippen molar-refractivity contribution in [2.75, 3.05) is 0 Å². The maximum atomic E-state index is 6.07. The number of rotatable bonds is 2. The fraction of sp³-hybridized carbons (Fsp3) is 0.467. The molecular weight excluding hydrogens is 226 g/mol. The van der Waals surface area contributed by atoms with Crippen LogP contribution in [0, 0.1) is 5.92 Å². The van der Waals surface area contributed by atoms with Gasteiger partial charge in [-0.25, -0.2) is 0 Å². The van der Waals surface area contributed by atoms with Gasteiger partial charge in [0, 0.05) is 10.7 Å². The Morgan fingerprint density at radius 2 is 2.12 bits per heavy atom. The molecule has 0 aliphatic heterocycles. The van der Waals surface area contributed by atoms with Crippen molar-refractivity contribution in [2.24, 2.45) is 11.7 Å². The minimum atomic E-state index is 0.443. The molecule has 1 heterocycles. The number of nitrogens with two attached hydrogens (primary N) is 1. The molecule has 1 aromatic carbocycles. The van der Waals surface area contributed by atoms with Crippen LogP contribution in [0.25, 0.3) is 10.1 Å². The van der Waals surface area contributed by atoms with E-state index in [0.29, 0.717) is 6.04 Å². The van der Waals surface area contributed by atoms with Crippen molar-refractivity contribution >= 4 is 21.4 Å². The fourth-order valence-corrected chi connectivity index (χ4v) is 4.00. The van der Waals surface area contributed by atoms with E-state index in [1.165, 1.54) is 47.8 Å². The van der Waals surface area contributed by atoms with Gasteiger partial charge in [0.05, 0.1) is 0 Å². The summed E-state index contributed by atoms with van der Waals surface area (Å²) in [6.45, 7) is 0. The second kappa shape index (κ2) is 4.79. The van der Waals surface area contributed by atoms with Gasteiger partial charge in [-0.05, 0) is 47.6 Å². The van der Waals surface area contributed by atoms with Crippen molar-refractivity contribution < 1.29 is 0 Å². The van der Waals surface area contributed by atoms with Crippen LogP contribution in [-0.2, 0) is 6.42 Å². The van der Waals surface area contributed by atoms with Gasteiger partial charge in [-0.2, -0.15) is 0 Å². The van der Waals surface area contributed by atoms with Crippen molar-refractivity contribution in [3.8, 4) is 0 Å². The zero-order valence-corrected chi connectivity index (χ0v) is 10.9. The first-order chi connectivity index (χ1) is 8.33. The van der Waals surface area contributed by atoms with Gasteiger partial charge in [0.2, 0.25) is 0 Å². The standard InChI is InChI=1S/C15H19NS/c16-13-5-3-4-11(9-13)8-12-10-17-15-7-2-1-6-14(12)15/h1-2,6-7,10-11,13H,3-5,8-9,16H2. The Bertz CT molecular complexity index is 502. The highest BCUT2D eigenvalue weighted by Gasteiger charge is 2.20. The Labute approximate surface area is 107 Å². The average Bonchev–Trinajstić information content (AvgIpc) is 2.73. The summed E-state index contributed by atoms with van der Waals surface area (Å²) in [4.78, 5) is 0. The molecule has 2 aromatic rings. The molecule has 1 nitrogen and oxygen atoms in total. The van der Waals surface area contributed by atoms with Crippen LogP contribution in [0.3, 0.4) is 0 Å². The van der Waals surface area contributed by atoms with Crippen LogP contribution in [-0.4, -0.2) is 6.04 Å². The molecule has 2 heteroatoms. The van der Waals surface area contributed by atoms with Crippen LogP contribution in [0.5, 0.6) is 0 Å². The average molecular weight is 245 g/mol. The maximum Gasteiger partial charge on any atom is 0.0345 e. The molecule has 2 unspecified atom stereocenters. The molecule has 0 bridgehead atoms. The predicted octanol–water partition coefficient (Wildman–Crippen LogP) is 3.96. The Hall–Kier alpha value is -0.860. The van der Waals surface area contributed by atoms with E-state index in [0.717, 1.165) is 5.92 Å². The molecule has 1 fully saturated rings. The van der Waals surface area contributed by atoms with E-state index in [2.05, 4.69) is 29.6 Å². The molecule has 2 N–H and O–H groups in total. The molecule has 1 aliphatic rings. The van der Waals surface area contributed by atoms with Crippen molar-refractivity contribution in [1.29, 1.82) is 0 Å². The van der Waals surface area contributed by atoms with Crippen LogP contribution >= 0.6 is 11.3 Å². The fourth-order valence-electron chi connectivity index (χ4n) is 3.02. The molecule has 90 valence electrons. The molecule has 3 rings (SSSR count). The Morgan fingerprint density at radius 1 is 1.24 bits per heavy atom. The highest BCUT2D eigenvalue weighted by molar-refractivity contribution is 7.17. The zero-order chi connectivity index (χ0) is 11.7. The third kappa shape index (κ3) is 2.38. The van der Waals surface area contributed by atoms with E-state index in [1.54, 1.807) is 0 Å². The summed E-state index contributed by atoms with van der Waals surface area (Å²) < 4.78 is 1.42. The topological polar surface area (TPSA) is 26.0 Å². The number of fused-ring (bicyclic) bond motifs is 1. The van der Waals surface area contributed by atoms with Gasteiger partial charge in [-0.1, -0.05) is 31.0 Å². The third-order valence-corrected chi connectivity index (χ3v) is 4.91. The highest BCUT2D eigenvalue weighted by Crippen LogP contribution is 2.32. The summed E-state index contributed by atoms with van der Waals surface area (Å²) in [5.41, 5.74) is 7.60. The van der Waals surface area contributed by atoms with Crippen molar-refractivity contribution in [2.45, 2.75) is 38.1 Å². The van der Waals surface area contributed by atoms with Crippen molar-refractivity contribution in [1.82, 2.24) is 0 Å². The summed E-state index contributed by atoms with van der Waals surface area (Å²) in [5, 5.41) is 3.79. The van der Waals surface area contributed by atoms with E-state index < -0.39 is 0 Å². The third-order valence-electron chi connectivity index (χ3n) is 3.89. The number of hydrogen-bond acceptors (Lipinski definition) is 2. The van der Waals surface area contributed by atoms with Crippen LogP contribution in [0.1, 0.15) is 31.2 Å². The SMILES string of the molecule is NC1CCCC(Cc2csc3ccccc23)C1. The normalized spacial score (nSPS) is 25.2. The van der Waals surface area contributed by atoms with Crippen LogP contribution in [0.4, 0.5) is 0 Å². The number of thiophene rings is 1. The lowest BCUT2D eigenvalue weighted by Gasteiger charge is -2.26. The van der Waals surface area contributed by atoms with E-state index in [1.807, 2.05) is 11.3 Å². The smallest absolute Gasteiger partial charge is 0.0345 e. The first-order valence-electron chi connectivity index (χ1n) is 6.53. The van der Waals surface area contributed by atoms with Gasteiger partial charge in [0.1, 0.15) is 0 Å². The maximum absolute atomic E-state index is 6.07. The molecule has 0 radical (unpaired) electrons. The molecule has 1 aromatic heterocycles. The van der Waals surface area contributed by atoms with E-state index in [-0.39, 0.29) is 0 Å². The minimum Gasteiger partial charge on any atom is -0.328 e. The van der Waals surface area contributed by atoms with Gasteiger partial charge in [0.25, 0.3) is 0 Å². The zero-order valence-electron chi connectivity index (χ0n) is 10.1. The van der Waals surface area contributed by atoms with Gasteiger partial charge >= 0.3 is 0 Å². The minimum absolute atomic E-state index is 0.443. The van der Waals surface area contributed by atoms with Crippen molar-refractivity contribution in [3.63, 3.8) is 0 Å². The second-order valence-electron chi connectivity index (χ2n) is 5.25. The van der Waals surface area contributed by atoms with Gasteiger partial charge < -0.3 is 5.73 Å². The van der Waals surface area contributed by atoms with E-state index >= 15 is 0 Å². The Morgan fingerprint density at radius 3 is 3.00 bits per heavy atom. The monoisotopic (exact) mass is 245 g/mol. The quantitative estimate of drug-likeness (QED) is 0.851. The molecule has 0 spiro atoms. The Balaban J connectivity index is 1.80. The number of hydrogen-bond donors (Lipinski definition) is 1. The van der Waals surface area contributed by atoms with Crippen LogP contribution in [0.15, 0.2) is 29.6 Å². The number of benzene rings is 1. The summed E-state index contributed by atoms with van der Waals surface area (Å²) >= 11 is 1.87. The molecule has 1 aliphatic carbocycles. The van der Waals surface area contributed by atoms with Gasteiger partial charge in [-0.3, -0.25) is 0 Å². The lowest BCUT2D eigenvalue weighted by Crippen LogP contribution is -2.28. The molecular formula is C15H19NS. The first kappa shape index (κ1) is 11.2. The predicted molar refractivity (Wildman–Crippen MR) is 75.5 cm³/mol. The van der Waals surface area contributed by atoms with Crippen LogP contribution in [0.2, 0.25) is 0 Å². The Kier molecular flexibility index (Phi) is 3.17. The lowest BCUT2D eigenvalue weighted by atomic mass is 9.82. The van der Waals surface area contributed by atoms with Gasteiger partial charge in [-0.15, -0.1) is 11.3 Å². The molecule has 0 saturated heterocycles. The summed E-state index contributed by atoms with van der Waals surface area (Å²) in [5.74, 6) is 0.803. The van der Waals surface area contributed by atoms with Crippen LogP contribution < -0.4 is 5.73 Å². The summed E-state index contributed by atoms with van der Waals surface area (Å²) in [7, 11) is 0. The molecule has 1 saturated carbocycles. The first-order valence-corrected chi connectivity index (χ1v) is 7.41. The summed E-state index contributed by atoms with van der Waals surface area (Å²) in [6, 6.07) is 9.18. The second-order valence-corrected chi connectivity index (χ2v) is 6.17. The molecule has 0 amide bonds. The molecule has 17 heavy (non-hydrogen) atoms. The van der Waals surface area contributed by atoms with E-state index in [9.17, 15) is 0 Å². The summed E-state index contributed by atoms with van der Waals surface area (Å²) in [6.07, 6.45) is 6.33. The highest BCUT2D eigenvalue weighted by atomic mass is 32.1.